The maximum atomic E-state index is 12.7. The molecule has 2 N–H and O–H groups in total. The van der Waals surface area contributed by atoms with E-state index in [1.54, 1.807) is 11.0 Å². The van der Waals surface area contributed by atoms with Crippen molar-refractivity contribution >= 4 is 28.7 Å². The van der Waals surface area contributed by atoms with E-state index in [2.05, 4.69) is 10.6 Å². The van der Waals surface area contributed by atoms with E-state index in [0.29, 0.717) is 24.5 Å². The molecule has 0 spiro atoms. The van der Waals surface area contributed by atoms with Gasteiger partial charge in [0.25, 0.3) is 0 Å². The highest BCUT2D eigenvalue weighted by atomic mass is 19.4. The van der Waals surface area contributed by atoms with Gasteiger partial charge >= 0.3 is 6.18 Å². The van der Waals surface area contributed by atoms with Gasteiger partial charge in [-0.05, 0) is 42.8 Å². The number of aryl methyl sites for hydroxylation is 1. The summed E-state index contributed by atoms with van der Waals surface area (Å²) < 4.78 is 43.6. The van der Waals surface area contributed by atoms with Gasteiger partial charge in [0.2, 0.25) is 5.91 Å². The maximum absolute atomic E-state index is 12.7. The maximum Gasteiger partial charge on any atom is 0.395 e. The summed E-state index contributed by atoms with van der Waals surface area (Å²) in [5.41, 5.74) is 4.01. The Morgan fingerprint density at radius 1 is 1.18 bits per heavy atom. The zero-order valence-corrected chi connectivity index (χ0v) is 15.3. The van der Waals surface area contributed by atoms with E-state index in [4.69, 9.17) is 4.74 Å². The summed E-state index contributed by atoms with van der Waals surface area (Å²) in [4.78, 5) is 13.3. The molecule has 0 bridgehead atoms. The van der Waals surface area contributed by atoms with Gasteiger partial charge in [-0.2, -0.15) is 13.2 Å². The first-order valence-corrected chi connectivity index (χ1v) is 9.05. The molecule has 1 fully saturated rings. The fourth-order valence-electron chi connectivity index (χ4n) is 3.33. The number of nitrogens with zero attached hydrogens (tertiary/aromatic N) is 1. The number of anilines is 4. The van der Waals surface area contributed by atoms with Crippen LogP contribution in [0, 0.1) is 12.8 Å². The monoisotopic (exact) mass is 391 g/mol. The van der Waals surface area contributed by atoms with Crippen molar-refractivity contribution in [2.75, 3.05) is 35.2 Å². The molecule has 0 unspecified atom stereocenters. The molecule has 2 heterocycles. The SMILES string of the molecule is Cc1cc(N2CC(C(F)(F)F)C2)ccc1Nc1ccc2c(c1)OCCC(=O)N2. The number of halogens is 3. The van der Waals surface area contributed by atoms with Crippen LogP contribution in [0.15, 0.2) is 36.4 Å². The zero-order chi connectivity index (χ0) is 19.9. The van der Waals surface area contributed by atoms with E-state index < -0.39 is 12.1 Å². The van der Waals surface area contributed by atoms with Crippen molar-refractivity contribution in [2.45, 2.75) is 19.5 Å². The molecule has 0 saturated carbocycles. The minimum absolute atomic E-state index is 0.00357. The Kier molecular flexibility index (Phi) is 4.56. The number of hydrogen-bond acceptors (Lipinski definition) is 4. The minimum atomic E-state index is -4.13. The molecule has 0 aliphatic carbocycles. The fraction of sp³-hybridized carbons (Fsp3) is 0.350. The van der Waals surface area contributed by atoms with E-state index in [1.807, 2.05) is 37.3 Å². The van der Waals surface area contributed by atoms with Crippen molar-refractivity contribution in [3.8, 4) is 5.75 Å². The van der Waals surface area contributed by atoms with Crippen LogP contribution in [0.5, 0.6) is 5.75 Å². The number of rotatable bonds is 3. The summed E-state index contributed by atoms with van der Waals surface area (Å²) in [6.07, 6.45) is -3.82. The summed E-state index contributed by atoms with van der Waals surface area (Å²) in [6.45, 7) is 2.24. The Hall–Kier alpha value is -2.90. The first-order chi connectivity index (χ1) is 13.3. The number of carbonyl (C=O) groups is 1. The Balaban J connectivity index is 1.46. The average molecular weight is 391 g/mol. The van der Waals surface area contributed by atoms with Crippen molar-refractivity contribution in [2.24, 2.45) is 5.92 Å². The largest absolute Gasteiger partial charge is 0.491 e. The van der Waals surface area contributed by atoms with Gasteiger partial charge in [0, 0.05) is 36.2 Å². The van der Waals surface area contributed by atoms with E-state index >= 15 is 0 Å². The second kappa shape index (κ2) is 6.92. The van der Waals surface area contributed by atoms with Crippen LogP contribution >= 0.6 is 0 Å². The highest BCUT2D eigenvalue weighted by molar-refractivity contribution is 5.93. The third kappa shape index (κ3) is 3.72. The molecular weight excluding hydrogens is 371 g/mol. The highest BCUT2D eigenvalue weighted by Gasteiger charge is 2.47. The van der Waals surface area contributed by atoms with Crippen LogP contribution in [0.4, 0.5) is 35.9 Å². The lowest BCUT2D eigenvalue weighted by Gasteiger charge is -2.42. The summed E-state index contributed by atoms with van der Waals surface area (Å²) in [7, 11) is 0. The van der Waals surface area contributed by atoms with Crippen molar-refractivity contribution in [1.29, 1.82) is 0 Å². The van der Waals surface area contributed by atoms with Gasteiger partial charge < -0.3 is 20.3 Å². The van der Waals surface area contributed by atoms with Crippen molar-refractivity contribution in [3.63, 3.8) is 0 Å². The lowest BCUT2D eigenvalue weighted by Crippen LogP contribution is -2.53. The van der Waals surface area contributed by atoms with E-state index in [9.17, 15) is 18.0 Å². The summed E-state index contributed by atoms with van der Waals surface area (Å²) in [5.74, 6) is -0.723. The molecule has 2 aliphatic heterocycles. The zero-order valence-electron chi connectivity index (χ0n) is 15.3. The Morgan fingerprint density at radius 2 is 1.96 bits per heavy atom. The predicted molar refractivity (Wildman–Crippen MR) is 101 cm³/mol. The first kappa shape index (κ1) is 18.5. The van der Waals surface area contributed by atoms with Gasteiger partial charge in [0.15, 0.2) is 0 Å². The number of carbonyl (C=O) groups excluding carboxylic acids is 1. The Bertz CT molecular complexity index is 908. The second-order valence-corrected chi connectivity index (χ2v) is 7.13. The number of nitrogens with one attached hydrogen (secondary N) is 2. The minimum Gasteiger partial charge on any atom is -0.491 e. The van der Waals surface area contributed by atoms with E-state index in [-0.39, 0.29) is 19.0 Å². The molecule has 5 nitrogen and oxygen atoms in total. The molecule has 8 heteroatoms. The second-order valence-electron chi connectivity index (χ2n) is 7.13. The molecule has 148 valence electrons. The molecule has 28 heavy (non-hydrogen) atoms. The molecule has 0 radical (unpaired) electrons. The lowest BCUT2D eigenvalue weighted by molar-refractivity contribution is -0.180. The number of fused-ring (bicyclic) bond motifs is 1. The first-order valence-electron chi connectivity index (χ1n) is 9.05. The normalized spacial score (nSPS) is 17.1. The Morgan fingerprint density at radius 3 is 2.68 bits per heavy atom. The number of ether oxygens (including phenoxy) is 1. The van der Waals surface area contributed by atoms with Gasteiger partial charge in [0.05, 0.1) is 24.6 Å². The summed E-state index contributed by atoms with van der Waals surface area (Å²) in [6, 6.07) is 11.0. The molecule has 4 rings (SSSR count). The fourth-order valence-corrected chi connectivity index (χ4v) is 3.33. The van der Waals surface area contributed by atoms with E-state index in [0.717, 1.165) is 22.6 Å². The van der Waals surface area contributed by atoms with Crippen LogP contribution in [0.3, 0.4) is 0 Å². The standard InChI is InChI=1S/C20H20F3N3O2/c1-12-8-15(26-10-13(11-26)20(21,22)23)3-5-16(12)24-14-2-4-17-18(9-14)28-7-6-19(27)25-17/h2-5,8-9,13,24H,6-7,10-11H2,1H3,(H,25,27). The van der Waals surface area contributed by atoms with Crippen LogP contribution in [-0.2, 0) is 4.79 Å². The molecule has 0 aromatic heterocycles. The molecule has 0 atom stereocenters. The van der Waals surface area contributed by atoms with Gasteiger partial charge in [-0.1, -0.05) is 0 Å². The number of alkyl halides is 3. The highest BCUT2D eigenvalue weighted by Crippen LogP contribution is 2.37. The third-order valence-corrected chi connectivity index (χ3v) is 5.04. The predicted octanol–water partition coefficient (Wildman–Crippen LogP) is 4.46. The molecule has 1 amide bonds. The van der Waals surface area contributed by atoms with Gasteiger partial charge in [-0.25, -0.2) is 0 Å². The molecule has 1 saturated heterocycles. The van der Waals surface area contributed by atoms with Crippen LogP contribution in [0.25, 0.3) is 0 Å². The summed E-state index contributed by atoms with van der Waals surface area (Å²) in [5, 5.41) is 6.09. The van der Waals surface area contributed by atoms with Gasteiger partial charge in [-0.15, -0.1) is 0 Å². The van der Waals surface area contributed by atoms with Gasteiger partial charge in [-0.3, -0.25) is 4.79 Å². The third-order valence-electron chi connectivity index (χ3n) is 5.04. The number of hydrogen-bond donors (Lipinski definition) is 2. The number of benzene rings is 2. The average Bonchev–Trinajstić information content (AvgIpc) is 2.75. The number of amides is 1. The molecular formula is C20H20F3N3O2. The van der Waals surface area contributed by atoms with Crippen molar-refractivity contribution in [1.82, 2.24) is 0 Å². The molecule has 2 aromatic rings. The van der Waals surface area contributed by atoms with Crippen molar-refractivity contribution in [3.05, 3.63) is 42.0 Å². The molecule has 2 aromatic carbocycles. The van der Waals surface area contributed by atoms with Crippen LogP contribution < -0.4 is 20.3 Å². The van der Waals surface area contributed by atoms with Crippen LogP contribution in [0.2, 0.25) is 0 Å². The topological polar surface area (TPSA) is 53.6 Å². The lowest BCUT2D eigenvalue weighted by atomic mass is 9.98. The van der Waals surface area contributed by atoms with Crippen LogP contribution in [-0.4, -0.2) is 31.8 Å². The van der Waals surface area contributed by atoms with Crippen molar-refractivity contribution < 1.29 is 22.7 Å². The quantitative estimate of drug-likeness (QED) is 0.811. The van der Waals surface area contributed by atoms with Gasteiger partial charge in [0.1, 0.15) is 5.75 Å². The summed E-state index contributed by atoms with van der Waals surface area (Å²) >= 11 is 0. The molecule has 2 aliphatic rings. The van der Waals surface area contributed by atoms with E-state index in [1.165, 1.54) is 0 Å². The smallest absolute Gasteiger partial charge is 0.395 e. The Labute approximate surface area is 160 Å². The van der Waals surface area contributed by atoms with Crippen LogP contribution in [0.1, 0.15) is 12.0 Å².